The number of piperidine rings is 1. The van der Waals surface area contributed by atoms with Gasteiger partial charge in [0.05, 0.1) is 0 Å². The summed E-state index contributed by atoms with van der Waals surface area (Å²) >= 11 is 3.39. The lowest BCUT2D eigenvalue weighted by Gasteiger charge is -2.29. The van der Waals surface area contributed by atoms with E-state index in [0.29, 0.717) is 13.0 Å². The highest BCUT2D eigenvalue weighted by molar-refractivity contribution is 9.10. The van der Waals surface area contributed by atoms with Crippen molar-refractivity contribution in [1.82, 2.24) is 5.32 Å². The molecule has 1 aromatic rings. The molecule has 0 bridgehead atoms. The van der Waals surface area contributed by atoms with E-state index >= 15 is 0 Å². The molecule has 0 spiro atoms. The molecule has 2 atom stereocenters. The maximum Gasteiger partial charge on any atom is 0.221 e. The molecule has 3 nitrogen and oxygen atoms in total. The topological polar surface area (TPSA) is 55.1 Å². The molecule has 0 radical (unpaired) electrons. The van der Waals surface area contributed by atoms with Crippen LogP contribution in [0.1, 0.15) is 17.9 Å². The summed E-state index contributed by atoms with van der Waals surface area (Å²) in [6, 6.07) is 8.02. The summed E-state index contributed by atoms with van der Waals surface area (Å²) in [6.45, 7) is 0.641. The first kappa shape index (κ1) is 10.6. The molecule has 1 aromatic carbocycles. The molecule has 1 heterocycles. The van der Waals surface area contributed by atoms with Gasteiger partial charge in [0.15, 0.2) is 0 Å². The van der Waals surface area contributed by atoms with Crippen LogP contribution in [-0.4, -0.2) is 18.5 Å². The van der Waals surface area contributed by atoms with Gasteiger partial charge in [-0.05, 0) is 17.7 Å². The molecule has 2 unspecified atom stereocenters. The molecule has 1 aliphatic heterocycles. The van der Waals surface area contributed by atoms with E-state index in [1.807, 2.05) is 24.3 Å². The lowest BCUT2D eigenvalue weighted by molar-refractivity contribution is -0.122. The van der Waals surface area contributed by atoms with Gasteiger partial charge in [0.2, 0.25) is 5.91 Å². The summed E-state index contributed by atoms with van der Waals surface area (Å²) in [5, 5.41) is 2.84. The van der Waals surface area contributed by atoms with E-state index in [1.54, 1.807) is 0 Å². The van der Waals surface area contributed by atoms with Crippen molar-refractivity contribution in [1.29, 1.82) is 0 Å². The van der Waals surface area contributed by atoms with Crippen LogP contribution in [0.15, 0.2) is 28.7 Å². The molecule has 0 saturated carbocycles. The molecule has 1 saturated heterocycles. The van der Waals surface area contributed by atoms with Gasteiger partial charge >= 0.3 is 0 Å². The summed E-state index contributed by atoms with van der Waals surface area (Å²) in [6.07, 6.45) is 0.417. The van der Waals surface area contributed by atoms with Gasteiger partial charge in [-0.3, -0.25) is 4.79 Å². The number of carbonyl (C=O) groups excluding carboxylic acids is 1. The number of hydrogen-bond donors (Lipinski definition) is 2. The zero-order valence-corrected chi connectivity index (χ0v) is 9.83. The quantitative estimate of drug-likeness (QED) is 0.809. The van der Waals surface area contributed by atoms with Crippen LogP contribution in [-0.2, 0) is 4.79 Å². The highest BCUT2D eigenvalue weighted by Crippen LogP contribution is 2.24. The predicted octanol–water partition coefficient (Wildman–Crippen LogP) is 1.38. The van der Waals surface area contributed by atoms with E-state index in [9.17, 15) is 4.79 Å². The third-order valence-corrected chi connectivity index (χ3v) is 3.28. The minimum absolute atomic E-state index is 0.0517. The SMILES string of the molecule is NC1CC(=O)NCC1c1ccc(Br)cc1. The Labute approximate surface area is 97.2 Å². The number of halogens is 1. The van der Waals surface area contributed by atoms with Crippen LogP contribution in [0.2, 0.25) is 0 Å². The fraction of sp³-hybridized carbons (Fsp3) is 0.364. The van der Waals surface area contributed by atoms with E-state index in [0.717, 1.165) is 4.47 Å². The number of carbonyl (C=O) groups is 1. The highest BCUT2D eigenvalue weighted by Gasteiger charge is 2.27. The molecule has 1 amide bonds. The Morgan fingerprint density at radius 3 is 2.60 bits per heavy atom. The maximum absolute atomic E-state index is 11.1. The van der Waals surface area contributed by atoms with Gasteiger partial charge in [0.1, 0.15) is 0 Å². The Bertz CT molecular complexity index is 363. The maximum atomic E-state index is 11.1. The summed E-state index contributed by atoms with van der Waals surface area (Å²) in [5.74, 6) is 0.284. The number of benzene rings is 1. The van der Waals surface area contributed by atoms with Crippen LogP contribution < -0.4 is 11.1 Å². The Kier molecular flexibility index (Phi) is 3.07. The van der Waals surface area contributed by atoms with Crippen LogP contribution in [0.25, 0.3) is 0 Å². The summed E-state index contributed by atoms with van der Waals surface area (Å²) < 4.78 is 1.06. The van der Waals surface area contributed by atoms with Crippen molar-refractivity contribution in [2.75, 3.05) is 6.54 Å². The van der Waals surface area contributed by atoms with Crippen LogP contribution in [0.3, 0.4) is 0 Å². The molecule has 0 aromatic heterocycles. The van der Waals surface area contributed by atoms with E-state index in [2.05, 4.69) is 21.2 Å². The van der Waals surface area contributed by atoms with Gasteiger partial charge in [-0.25, -0.2) is 0 Å². The summed E-state index contributed by atoms with van der Waals surface area (Å²) in [7, 11) is 0. The Balaban J connectivity index is 2.16. The fourth-order valence-corrected chi connectivity index (χ4v) is 2.14. The van der Waals surface area contributed by atoms with Crippen molar-refractivity contribution < 1.29 is 4.79 Å². The van der Waals surface area contributed by atoms with Crippen LogP contribution in [0.4, 0.5) is 0 Å². The van der Waals surface area contributed by atoms with Crippen molar-refractivity contribution in [3.8, 4) is 0 Å². The van der Waals surface area contributed by atoms with Gasteiger partial charge in [-0.2, -0.15) is 0 Å². The lowest BCUT2D eigenvalue weighted by Crippen LogP contribution is -2.46. The predicted molar refractivity (Wildman–Crippen MR) is 62.5 cm³/mol. The average Bonchev–Trinajstić information content (AvgIpc) is 2.20. The van der Waals surface area contributed by atoms with E-state index in [1.165, 1.54) is 5.56 Å². The number of rotatable bonds is 1. The highest BCUT2D eigenvalue weighted by atomic mass is 79.9. The minimum Gasteiger partial charge on any atom is -0.355 e. The monoisotopic (exact) mass is 268 g/mol. The molecule has 0 aliphatic carbocycles. The van der Waals surface area contributed by atoms with Gasteiger partial charge in [-0.15, -0.1) is 0 Å². The molecule has 1 fully saturated rings. The summed E-state index contributed by atoms with van der Waals surface area (Å²) in [5.41, 5.74) is 7.15. The van der Waals surface area contributed by atoms with Crippen molar-refractivity contribution in [3.05, 3.63) is 34.3 Å². The number of nitrogens with two attached hydrogens (primary N) is 1. The average molecular weight is 269 g/mol. The molecular formula is C11H13BrN2O. The van der Waals surface area contributed by atoms with Gasteiger partial charge in [0.25, 0.3) is 0 Å². The second-order valence-corrected chi connectivity index (χ2v) is 4.75. The number of amides is 1. The van der Waals surface area contributed by atoms with E-state index in [4.69, 9.17) is 5.73 Å². The first-order valence-electron chi connectivity index (χ1n) is 4.94. The van der Waals surface area contributed by atoms with Crippen molar-refractivity contribution in [3.63, 3.8) is 0 Å². The molecular weight excluding hydrogens is 256 g/mol. The molecule has 2 rings (SSSR count). The largest absolute Gasteiger partial charge is 0.355 e. The third-order valence-electron chi connectivity index (χ3n) is 2.76. The first-order valence-corrected chi connectivity index (χ1v) is 5.74. The summed E-state index contributed by atoms with van der Waals surface area (Å²) in [4.78, 5) is 11.1. The molecule has 80 valence electrons. The molecule has 15 heavy (non-hydrogen) atoms. The number of hydrogen-bond acceptors (Lipinski definition) is 2. The molecule has 4 heteroatoms. The standard InChI is InChI=1S/C11H13BrN2O/c12-8-3-1-7(2-4-8)9-6-14-11(15)5-10(9)13/h1-4,9-10H,5-6,13H2,(H,14,15). The second-order valence-electron chi connectivity index (χ2n) is 3.83. The van der Waals surface area contributed by atoms with Gasteiger partial charge < -0.3 is 11.1 Å². The van der Waals surface area contributed by atoms with Crippen LogP contribution >= 0.6 is 15.9 Å². The second kappa shape index (κ2) is 4.33. The van der Waals surface area contributed by atoms with Crippen LogP contribution in [0, 0.1) is 0 Å². The lowest BCUT2D eigenvalue weighted by atomic mass is 9.87. The molecule has 3 N–H and O–H groups in total. The Hall–Kier alpha value is -0.870. The fourth-order valence-electron chi connectivity index (χ4n) is 1.88. The normalized spacial score (nSPS) is 26.1. The Morgan fingerprint density at radius 2 is 2.00 bits per heavy atom. The van der Waals surface area contributed by atoms with Crippen LogP contribution in [0.5, 0.6) is 0 Å². The molecule has 1 aliphatic rings. The zero-order valence-electron chi connectivity index (χ0n) is 8.24. The van der Waals surface area contributed by atoms with E-state index < -0.39 is 0 Å². The first-order chi connectivity index (χ1) is 7.16. The van der Waals surface area contributed by atoms with Gasteiger partial charge in [-0.1, -0.05) is 28.1 Å². The van der Waals surface area contributed by atoms with Crippen molar-refractivity contribution in [2.45, 2.75) is 18.4 Å². The van der Waals surface area contributed by atoms with Crippen molar-refractivity contribution in [2.24, 2.45) is 5.73 Å². The van der Waals surface area contributed by atoms with E-state index in [-0.39, 0.29) is 17.9 Å². The Morgan fingerprint density at radius 1 is 1.33 bits per heavy atom. The zero-order chi connectivity index (χ0) is 10.8. The van der Waals surface area contributed by atoms with Crippen molar-refractivity contribution >= 4 is 21.8 Å². The smallest absolute Gasteiger partial charge is 0.221 e. The minimum atomic E-state index is -0.0695. The number of nitrogens with one attached hydrogen (secondary N) is 1. The third kappa shape index (κ3) is 2.38. The van der Waals surface area contributed by atoms with Gasteiger partial charge in [0, 0.05) is 29.4 Å².